The SMILES string of the molecule is Cc1ccc(-n2[c](=[Pt])n(-c3[c-]c(Oc4[c-]c5c(cc4)c4cc6c(cc4n5-c4cc(C)ccn4)C(C)(C)C(C)(C)C6(C)C)ccc3)c3ccccc32)cc1. The molecule has 0 saturated carbocycles. The van der Waals surface area contributed by atoms with Crippen LogP contribution in [0.4, 0.5) is 0 Å². The van der Waals surface area contributed by atoms with Crippen LogP contribution in [-0.4, -0.2) is 18.7 Å². The van der Waals surface area contributed by atoms with Gasteiger partial charge in [-0.3, -0.25) is 0 Å². The van der Waals surface area contributed by atoms with Crippen LogP contribution in [-0.2, 0) is 30.2 Å². The van der Waals surface area contributed by atoms with Crippen molar-refractivity contribution in [1.29, 1.82) is 0 Å². The van der Waals surface area contributed by atoms with Crippen LogP contribution in [0.15, 0.2) is 109 Å². The number of aromatic nitrogens is 4. The second kappa shape index (κ2) is 11.8. The van der Waals surface area contributed by atoms with Crippen molar-refractivity contribution in [2.24, 2.45) is 5.41 Å². The zero-order valence-electron chi connectivity index (χ0n) is 31.4. The first-order valence-corrected chi connectivity index (χ1v) is 19.4. The van der Waals surface area contributed by atoms with Gasteiger partial charge in [-0.2, -0.15) is 0 Å². The van der Waals surface area contributed by atoms with Crippen LogP contribution >= 0.6 is 0 Å². The third-order valence-corrected chi connectivity index (χ3v) is 13.6. The van der Waals surface area contributed by atoms with Crippen molar-refractivity contribution in [3.63, 3.8) is 0 Å². The summed E-state index contributed by atoms with van der Waals surface area (Å²) in [6, 6.07) is 43.7. The zero-order valence-corrected chi connectivity index (χ0v) is 33.7. The standard InChI is InChI=1S/C47H42N4O.Pt/c1-30-16-18-32(19-17-30)49-29-50(41-15-10-9-14-40(41)49)33-12-11-13-34(25-33)52-35-20-21-36-37-27-38-39(46(5,6)47(7,8)45(38,3)4)28-43(37)51(42(36)26-35)44-24-31(2)22-23-48-44;/h9-24,27-28H,1-8H3;/q-2;. The zero-order chi connectivity index (χ0) is 37.0. The van der Waals surface area contributed by atoms with E-state index in [1.54, 1.807) is 0 Å². The van der Waals surface area contributed by atoms with Crippen LogP contribution < -0.4 is 4.74 Å². The van der Waals surface area contributed by atoms with Crippen LogP contribution in [0.1, 0.15) is 63.8 Å². The number of hydrogen-bond donors (Lipinski definition) is 0. The third kappa shape index (κ3) is 4.93. The van der Waals surface area contributed by atoms with E-state index in [9.17, 15) is 0 Å². The van der Waals surface area contributed by atoms with Crippen LogP contribution in [0, 0.1) is 35.2 Å². The number of hydrogen-bond acceptors (Lipinski definition) is 2. The summed E-state index contributed by atoms with van der Waals surface area (Å²) in [4.78, 5) is 4.88. The molecule has 0 amide bonds. The van der Waals surface area contributed by atoms with Crippen LogP contribution in [0.2, 0.25) is 0 Å². The number of para-hydroxylation sites is 2. The van der Waals surface area contributed by atoms with Gasteiger partial charge in [0.05, 0.1) is 0 Å². The van der Waals surface area contributed by atoms with Gasteiger partial charge in [0.1, 0.15) is 0 Å². The third-order valence-electron chi connectivity index (χ3n) is 12.6. The summed E-state index contributed by atoms with van der Waals surface area (Å²) in [6.45, 7) is 18.6. The van der Waals surface area contributed by atoms with Gasteiger partial charge in [-0.1, -0.05) is 41.5 Å². The van der Waals surface area contributed by atoms with E-state index in [0.717, 1.165) is 54.0 Å². The van der Waals surface area contributed by atoms with Crippen molar-refractivity contribution in [1.82, 2.24) is 18.7 Å². The molecule has 53 heavy (non-hydrogen) atoms. The molecular formula is C47H42N4OPt-2. The van der Waals surface area contributed by atoms with Gasteiger partial charge in [0.25, 0.3) is 0 Å². The second-order valence-electron chi connectivity index (χ2n) is 16.1. The Hall–Kier alpha value is -4.99. The topological polar surface area (TPSA) is 36.9 Å². The first-order valence-electron chi connectivity index (χ1n) is 18.2. The molecule has 0 unspecified atom stereocenters. The van der Waals surface area contributed by atoms with E-state index in [1.165, 1.54) is 22.1 Å². The molecule has 0 radical (unpaired) electrons. The van der Waals surface area contributed by atoms with E-state index in [0.29, 0.717) is 11.5 Å². The van der Waals surface area contributed by atoms with Crippen LogP contribution in [0.5, 0.6) is 11.5 Å². The molecule has 0 atom stereocenters. The Labute approximate surface area is 321 Å². The van der Waals surface area contributed by atoms with E-state index in [4.69, 9.17) is 9.72 Å². The maximum absolute atomic E-state index is 6.62. The molecule has 0 bridgehead atoms. The Morgan fingerprint density at radius 3 is 2.00 bits per heavy atom. The summed E-state index contributed by atoms with van der Waals surface area (Å²) in [7, 11) is 0. The second-order valence-corrected chi connectivity index (χ2v) is 17.2. The van der Waals surface area contributed by atoms with Crippen molar-refractivity contribution >= 4 is 32.8 Å². The summed E-state index contributed by atoms with van der Waals surface area (Å²) < 4.78 is 14.5. The van der Waals surface area contributed by atoms with Gasteiger partial charge >= 0.3 is 230 Å². The van der Waals surface area contributed by atoms with Gasteiger partial charge in [0.2, 0.25) is 0 Å². The normalized spacial score (nSPS) is 15.7. The minimum absolute atomic E-state index is 0.00798. The molecule has 5 aromatic carbocycles. The van der Waals surface area contributed by atoms with Gasteiger partial charge in [-0.15, -0.1) is 0 Å². The van der Waals surface area contributed by atoms with E-state index in [2.05, 4.69) is 179 Å². The Bertz CT molecular complexity index is 2830. The monoisotopic (exact) mass is 873 g/mol. The number of nitrogens with zero attached hydrogens (tertiary/aromatic N) is 4. The molecule has 5 nitrogen and oxygen atoms in total. The summed E-state index contributed by atoms with van der Waals surface area (Å²) in [5.41, 5.74) is 11.5. The van der Waals surface area contributed by atoms with Crippen molar-refractivity contribution in [2.75, 3.05) is 0 Å². The fourth-order valence-electron chi connectivity index (χ4n) is 8.42. The van der Waals surface area contributed by atoms with E-state index < -0.39 is 0 Å². The molecule has 268 valence electrons. The average molecular weight is 874 g/mol. The molecule has 0 saturated heterocycles. The van der Waals surface area contributed by atoms with Crippen molar-refractivity contribution in [3.05, 3.63) is 148 Å². The van der Waals surface area contributed by atoms with Gasteiger partial charge in [0.15, 0.2) is 0 Å². The van der Waals surface area contributed by atoms with Crippen molar-refractivity contribution < 1.29 is 24.1 Å². The molecule has 8 aromatic rings. The molecule has 0 fully saturated rings. The molecule has 3 heterocycles. The van der Waals surface area contributed by atoms with E-state index >= 15 is 0 Å². The Morgan fingerprint density at radius 2 is 1.28 bits per heavy atom. The molecule has 3 aromatic heterocycles. The summed E-state index contributed by atoms with van der Waals surface area (Å²) in [5, 5.41) is 2.33. The minimum atomic E-state index is -0.0253. The van der Waals surface area contributed by atoms with Crippen molar-refractivity contribution in [2.45, 2.75) is 66.2 Å². The number of aryl methyl sites for hydroxylation is 2. The number of benzene rings is 5. The van der Waals surface area contributed by atoms with Crippen molar-refractivity contribution in [3.8, 4) is 28.7 Å². The molecular weight excluding hydrogens is 832 g/mol. The summed E-state index contributed by atoms with van der Waals surface area (Å²) in [6.07, 6.45) is 1.89. The molecule has 1 aliphatic rings. The fraction of sp³-hybridized carbons (Fsp3) is 0.234. The Morgan fingerprint density at radius 1 is 0.604 bits per heavy atom. The molecule has 9 rings (SSSR count). The first kappa shape index (κ1) is 33.8. The first-order chi connectivity index (χ1) is 25.3. The van der Waals surface area contributed by atoms with E-state index in [1.807, 2.05) is 30.5 Å². The average Bonchev–Trinajstić information content (AvgIpc) is 3.64. The number of rotatable bonds is 5. The molecule has 1 aliphatic carbocycles. The molecule has 6 heteroatoms. The quantitative estimate of drug-likeness (QED) is 0.162. The number of imidazole rings is 1. The summed E-state index contributed by atoms with van der Waals surface area (Å²) in [5.74, 6) is 2.12. The van der Waals surface area contributed by atoms with Gasteiger partial charge in [0, 0.05) is 6.20 Å². The fourth-order valence-corrected chi connectivity index (χ4v) is 9.53. The van der Waals surface area contributed by atoms with Crippen LogP contribution in [0.25, 0.3) is 50.0 Å². The van der Waals surface area contributed by atoms with Gasteiger partial charge in [-0.25, -0.2) is 0 Å². The Kier molecular flexibility index (Phi) is 7.50. The number of fused-ring (bicyclic) bond motifs is 5. The molecule has 0 N–H and O–H groups in total. The maximum atomic E-state index is 6.62. The number of pyridine rings is 1. The van der Waals surface area contributed by atoms with Gasteiger partial charge < -0.3 is 0 Å². The summed E-state index contributed by atoms with van der Waals surface area (Å²) >= 11 is 2.42. The molecule has 0 aliphatic heterocycles. The van der Waals surface area contributed by atoms with Crippen LogP contribution in [0.3, 0.4) is 0 Å². The predicted octanol–water partition coefficient (Wildman–Crippen LogP) is 11.6. The number of ether oxygens (including phenoxy) is 1. The predicted molar refractivity (Wildman–Crippen MR) is 211 cm³/mol. The van der Waals surface area contributed by atoms with Gasteiger partial charge in [-0.05, 0) is 45.9 Å². The molecule has 0 spiro atoms. The Balaban J connectivity index is 1.18. The van der Waals surface area contributed by atoms with E-state index in [-0.39, 0.29) is 16.2 Å².